The predicted molar refractivity (Wildman–Crippen MR) is 128 cm³/mol. The number of anilines is 4. The molecule has 0 aliphatic carbocycles. The molecule has 0 bridgehead atoms. The van der Waals surface area contributed by atoms with E-state index in [1.165, 1.54) is 17.0 Å². The quantitative estimate of drug-likeness (QED) is 0.449. The number of alkyl halides is 3. The molecule has 36 heavy (non-hydrogen) atoms. The monoisotopic (exact) mass is 498 g/mol. The Bertz CT molecular complexity index is 1250. The molecule has 0 unspecified atom stereocenters. The zero-order chi connectivity index (χ0) is 25.7. The zero-order valence-corrected chi connectivity index (χ0v) is 18.7. The summed E-state index contributed by atoms with van der Waals surface area (Å²) in [5.41, 5.74) is 1.85. The standard InChI is InChI=1S/C25H21F3N4O4/c26-25(27,28)36-18-12-10-17(11-13-18)30-23(34)15-32-20-9-5-4-8-19(20)31-24(35)21(32)14-22(33)29-16-6-2-1-3-7-16/h1-13,21H,14-15H2,(H,29,33)(H,30,34)(H,31,35)/t21-/m0/s1. The van der Waals surface area contributed by atoms with Crippen LogP contribution in [0.4, 0.5) is 35.9 Å². The maximum absolute atomic E-state index is 12.9. The number of nitrogens with zero attached hydrogens (tertiary/aromatic N) is 1. The van der Waals surface area contributed by atoms with Crippen LogP contribution in [-0.4, -0.2) is 36.7 Å². The normalized spacial score (nSPS) is 14.9. The maximum atomic E-state index is 12.9. The minimum Gasteiger partial charge on any atom is -0.406 e. The summed E-state index contributed by atoms with van der Waals surface area (Å²) >= 11 is 0. The lowest BCUT2D eigenvalue weighted by molar-refractivity contribution is -0.274. The Kier molecular flexibility index (Phi) is 7.09. The summed E-state index contributed by atoms with van der Waals surface area (Å²) in [7, 11) is 0. The third kappa shape index (κ3) is 6.32. The summed E-state index contributed by atoms with van der Waals surface area (Å²) in [5.74, 6) is -1.81. The van der Waals surface area contributed by atoms with Gasteiger partial charge in [0.25, 0.3) is 0 Å². The first-order chi connectivity index (χ1) is 17.2. The molecule has 1 atom stereocenters. The van der Waals surface area contributed by atoms with Gasteiger partial charge in [-0.1, -0.05) is 30.3 Å². The number of amides is 3. The topological polar surface area (TPSA) is 99.8 Å². The Labute approximate surface area is 204 Å². The minimum absolute atomic E-state index is 0.216. The smallest absolute Gasteiger partial charge is 0.406 e. The molecular weight excluding hydrogens is 477 g/mol. The highest BCUT2D eigenvalue weighted by Crippen LogP contribution is 2.33. The summed E-state index contributed by atoms with van der Waals surface area (Å²) in [6, 6.07) is 19.3. The first-order valence-corrected chi connectivity index (χ1v) is 10.8. The molecule has 3 N–H and O–H groups in total. The summed E-state index contributed by atoms with van der Waals surface area (Å²) in [4.78, 5) is 39.9. The van der Waals surface area contributed by atoms with E-state index < -0.39 is 35.9 Å². The summed E-state index contributed by atoms with van der Waals surface area (Å²) in [6.45, 7) is -0.283. The van der Waals surface area contributed by atoms with Crippen molar-refractivity contribution in [3.63, 3.8) is 0 Å². The maximum Gasteiger partial charge on any atom is 0.573 e. The molecule has 11 heteroatoms. The fourth-order valence-electron chi connectivity index (χ4n) is 3.76. The molecule has 0 radical (unpaired) electrons. The molecule has 8 nitrogen and oxygen atoms in total. The van der Waals surface area contributed by atoms with Crippen LogP contribution in [0.2, 0.25) is 0 Å². The van der Waals surface area contributed by atoms with Crippen molar-refractivity contribution in [2.24, 2.45) is 0 Å². The van der Waals surface area contributed by atoms with Gasteiger partial charge in [0.2, 0.25) is 17.7 Å². The largest absolute Gasteiger partial charge is 0.573 e. The van der Waals surface area contributed by atoms with E-state index in [2.05, 4.69) is 20.7 Å². The Morgan fingerprint density at radius 2 is 1.47 bits per heavy atom. The molecule has 0 saturated heterocycles. The Hall–Kier alpha value is -4.54. The molecule has 0 spiro atoms. The van der Waals surface area contributed by atoms with E-state index in [1.807, 2.05) is 0 Å². The van der Waals surface area contributed by atoms with Gasteiger partial charge in [-0.3, -0.25) is 14.4 Å². The number of rotatable bonds is 7. The summed E-state index contributed by atoms with van der Waals surface area (Å²) in [6.07, 6.45) is -5.04. The van der Waals surface area contributed by atoms with Crippen LogP contribution in [0.5, 0.6) is 5.75 Å². The number of halogens is 3. The summed E-state index contributed by atoms with van der Waals surface area (Å²) < 4.78 is 40.9. The lowest BCUT2D eigenvalue weighted by atomic mass is 10.0. The fraction of sp³-hybridized carbons (Fsp3) is 0.160. The molecule has 3 amide bonds. The number of hydrogen-bond donors (Lipinski definition) is 3. The van der Waals surface area contributed by atoms with Gasteiger partial charge in [-0.25, -0.2) is 0 Å². The van der Waals surface area contributed by atoms with E-state index in [-0.39, 0.29) is 18.7 Å². The number of benzene rings is 3. The van der Waals surface area contributed by atoms with E-state index >= 15 is 0 Å². The highest BCUT2D eigenvalue weighted by molar-refractivity contribution is 6.08. The molecule has 3 aromatic carbocycles. The van der Waals surface area contributed by atoms with Crippen LogP contribution in [0.25, 0.3) is 0 Å². The third-order valence-electron chi connectivity index (χ3n) is 5.27. The van der Waals surface area contributed by atoms with Gasteiger partial charge in [-0.2, -0.15) is 0 Å². The van der Waals surface area contributed by atoms with Crippen molar-refractivity contribution in [1.29, 1.82) is 0 Å². The first kappa shape index (κ1) is 24.6. The molecular formula is C25H21F3N4O4. The number of para-hydroxylation sites is 3. The van der Waals surface area contributed by atoms with Crippen LogP contribution in [-0.2, 0) is 14.4 Å². The van der Waals surface area contributed by atoms with Gasteiger partial charge in [0.1, 0.15) is 11.8 Å². The summed E-state index contributed by atoms with van der Waals surface area (Å²) in [5, 5.41) is 8.08. The Morgan fingerprint density at radius 1 is 0.861 bits per heavy atom. The second-order valence-corrected chi connectivity index (χ2v) is 7.89. The van der Waals surface area contributed by atoms with Crippen molar-refractivity contribution < 1.29 is 32.3 Å². The van der Waals surface area contributed by atoms with Crippen molar-refractivity contribution in [2.75, 3.05) is 27.4 Å². The number of carbonyl (C=O) groups is 3. The van der Waals surface area contributed by atoms with Gasteiger partial charge in [-0.15, -0.1) is 13.2 Å². The number of fused-ring (bicyclic) bond motifs is 1. The number of carbonyl (C=O) groups excluding carboxylic acids is 3. The van der Waals surface area contributed by atoms with Crippen LogP contribution in [0.1, 0.15) is 6.42 Å². The number of hydrogen-bond acceptors (Lipinski definition) is 5. The molecule has 4 rings (SSSR count). The average molecular weight is 498 g/mol. The second kappa shape index (κ2) is 10.4. The van der Waals surface area contributed by atoms with Crippen molar-refractivity contribution in [3.05, 3.63) is 78.9 Å². The first-order valence-electron chi connectivity index (χ1n) is 10.8. The second-order valence-electron chi connectivity index (χ2n) is 7.89. The number of ether oxygens (including phenoxy) is 1. The van der Waals surface area contributed by atoms with Gasteiger partial charge in [0.05, 0.1) is 24.3 Å². The van der Waals surface area contributed by atoms with Crippen molar-refractivity contribution >= 4 is 40.5 Å². The molecule has 0 aromatic heterocycles. The van der Waals surface area contributed by atoms with E-state index in [1.54, 1.807) is 54.6 Å². The average Bonchev–Trinajstić information content (AvgIpc) is 2.82. The highest BCUT2D eigenvalue weighted by atomic mass is 19.4. The van der Waals surface area contributed by atoms with Gasteiger partial charge in [0.15, 0.2) is 0 Å². The molecule has 0 fully saturated rings. The molecule has 186 valence electrons. The van der Waals surface area contributed by atoms with Crippen LogP contribution in [0.15, 0.2) is 78.9 Å². The lowest BCUT2D eigenvalue weighted by Crippen LogP contribution is -2.52. The lowest BCUT2D eigenvalue weighted by Gasteiger charge is -2.37. The third-order valence-corrected chi connectivity index (χ3v) is 5.27. The molecule has 1 heterocycles. The van der Waals surface area contributed by atoms with E-state index in [0.717, 1.165) is 12.1 Å². The van der Waals surface area contributed by atoms with Gasteiger partial charge in [0, 0.05) is 11.4 Å². The highest BCUT2D eigenvalue weighted by Gasteiger charge is 2.35. The van der Waals surface area contributed by atoms with Crippen LogP contribution in [0.3, 0.4) is 0 Å². The molecule has 1 aliphatic rings. The SMILES string of the molecule is O=C(C[C@H]1C(=O)Nc2ccccc2N1CC(=O)Nc1ccc(OC(F)(F)F)cc1)Nc1ccccc1. The predicted octanol–water partition coefficient (Wildman–Crippen LogP) is 4.38. The van der Waals surface area contributed by atoms with E-state index in [9.17, 15) is 27.6 Å². The van der Waals surface area contributed by atoms with Crippen LogP contribution >= 0.6 is 0 Å². The molecule has 1 aliphatic heterocycles. The van der Waals surface area contributed by atoms with Gasteiger partial charge >= 0.3 is 6.36 Å². The van der Waals surface area contributed by atoms with Gasteiger partial charge in [-0.05, 0) is 48.5 Å². The van der Waals surface area contributed by atoms with Crippen LogP contribution in [0, 0.1) is 0 Å². The van der Waals surface area contributed by atoms with Crippen molar-refractivity contribution in [3.8, 4) is 5.75 Å². The van der Waals surface area contributed by atoms with Crippen molar-refractivity contribution in [1.82, 2.24) is 0 Å². The van der Waals surface area contributed by atoms with E-state index in [0.29, 0.717) is 17.1 Å². The number of nitrogens with one attached hydrogen (secondary N) is 3. The molecule has 0 saturated carbocycles. The van der Waals surface area contributed by atoms with Crippen LogP contribution < -0.4 is 25.6 Å². The molecule has 3 aromatic rings. The Morgan fingerprint density at radius 3 is 2.17 bits per heavy atom. The van der Waals surface area contributed by atoms with Crippen molar-refractivity contribution in [2.45, 2.75) is 18.8 Å². The Balaban J connectivity index is 1.48. The zero-order valence-electron chi connectivity index (χ0n) is 18.7. The van der Waals surface area contributed by atoms with Gasteiger partial charge < -0.3 is 25.6 Å². The fourth-order valence-corrected chi connectivity index (χ4v) is 3.76. The minimum atomic E-state index is -4.82. The van der Waals surface area contributed by atoms with E-state index in [4.69, 9.17) is 0 Å².